The minimum absolute atomic E-state index is 0.0467. The van der Waals surface area contributed by atoms with Crippen LogP contribution < -0.4 is 5.73 Å². The number of hydrazone groups is 1. The molecule has 0 bridgehead atoms. The van der Waals surface area contributed by atoms with Crippen molar-refractivity contribution in [1.29, 1.82) is 0 Å². The van der Waals surface area contributed by atoms with Gasteiger partial charge < -0.3 is 5.73 Å². The van der Waals surface area contributed by atoms with Crippen LogP contribution in [0.1, 0.15) is 45.6 Å². The number of rotatable bonds is 5. The average molecular weight is 406 g/mol. The Bertz CT molecular complexity index is 880. The molecule has 28 heavy (non-hydrogen) atoms. The lowest BCUT2D eigenvalue weighted by Gasteiger charge is -2.38. The van der Waals surface area contributed by atoms with E-state index >= 15 is 0 Å². The summed E-state index contributed by atoms with van der Waals surface area (Å²) in [5.41, 5.74) is 8.22. The van der Waals surface area contributed by atoms with Gasteiger partial charge in [0.05, 0.1) is 0 Å². The maximum Gasteiger partial charge on any atom is 0.241 e. The van der Waals surface area contributed by atoms with E-state index in [1.165, 1.54) is 29.3 Å². The van der Waals surface area contributed by atoms with Gasteiger partial charge in [-0.3, -0.25) is 4.79 Å². The van der Waals surface area contributed by atoms with Crippen molar-refractivity contribution in [1.82, 2.24) is 5.01 Å². The van der Waals surface area contributed by atoms with Crippen molar-refractivity contribution >= 4 is 22.7 Å². The van der Waals surface area contributed by atoms with Crippen molar-refractivity contribution in [3.05, 3.63) is 58.7 Å². The van der Waals surface area contributed by atoms with Crippen molar-refractivity contribution < 1.29 is 13.6 Å². The zero-order valence-corrected chi connectivity index (χ0v) is 17.2. The fourth-order valence-electron chi connectivity index (χ4n) is 4.13. The molecule has 1 aliphatic carbocycles. The van der Waals surface area contributed by atoms with Gasteiger partial charge >= 0.3 is 0 Å². The van der Waals surface area contributed by atoms with Gasteiger partial charge in [-0.15, -0.1) is 0 Å². The van der Waals surface area contributed by atoms with E-state index in [0.29, 0.717) is 18.0 Å². The van der Waals surface area contributed by atoms with Gasteiger partial charge in [-0.05, 0) is 56.5 Å². The molecule has 0 aromatic heterocycles. The highest BCUT2D eigenvalue weighted by molar-refractivity contribution is 8.16. The summed E-state index contributed by atoms with van der Waals surface area (Å²) in [5.74, 6) is -1.29. The third-order valence-electron chi connectivity index (χ3n) is 5.30. The molecule has 0 saturated carbocycles. The smallest absolute Gasteiger partial charge is 0.241 e. The molecular weight excluding hydrogens is 380 g/mol. The van der Waals surface area contributed by atoms with Gasteiger partial charge in [0.1, 0.15) is 21.5 Å². The SMILES string of the molecule is C/C=C\C1=C(CC)CC(CCN)C12SC(c1cc(F)ccc1F)=NN2C(C)=O. The van der Waals surface area contributed by atoms with E-state index in [2.05, 4.69) is 12.0 Å². The highest BCUT2D eigenvalue weighted by atomic mass is 32.2. The fourth-order valence-corrected chi connectivity index (χ4v) is 5.76. The topological polar surface area (TPSA) is 58.7 Å². The number of carbonyl (C=O) groups is 1. The van der Waals surface area contributed by atoms with Crippen LogP contribution in [-0.4, -0.2) is 27.4 Å². The average Bonchev–Trinajstić information content (AvgIpc) is 3.19. The van der Waals surface area contributed by atoms with Gasteiger partial charge in [0, 0.05) is 18.4 Å². The van der Waals surface area contributed by atoms with Gasteiger partial charge in [-0.1, -0.05) is 36.4 Å². The second kappa shape index (κ2) is 8.17. The van der Waals surface area contributed by atoms with Crippen molar-refractivity contribution in [3.63, 3.8) is 0 Å². The number of allylic oxidation sites excluding steroid dienone is 2. The van der Waals surface area contributed by atoms with Gasteiger partial charge in [0.15, 0.2) is 0 Å². The monoisotopic (exact) mass is 405 g/mol. The predicted molar refractivity (Wildman–Crippen MR) is 110 cm³/mol. The molecule has 0 saturated heterocycles. The second-order valence-electron chi connectivity index (χ2n) is 7.01. The van der Waals surface area contributed by atoms with E-state index in [1.807, 2.05) is 19.1 Å². The Morgan fingerprint density at radius 2 is 2.21 bits per heavy atom. The maximum atomic E-state index is 14.4. The Morgan fingerprint density at radius 1 is 1.46 bits per heavy atom. The summed E-state index contributed by atoms with van der Waals surface area (Å²) in [6.07, 6.45) is 6.31. The molecule has 1 heterocycles. The fraction of sp³-hybridized carbons (Fsp3) is 0.429. The van der Waals surface area contributed by atoms with Crippen LogP contribution in [0.25, 0.3) is 0 Å². The minimum atomic E-state index is -0.781. The molecule has 2 N–H and O–H groups in total. The molecule has 1 spiro atoms. The molecule has 0 fully saturated rings. The van der Waals surface area contributed by atoms with E-state index < -0.39 is 16.5 Å². The van der Waals surface area contributed by atoms with Gasteiger partial charge in [-0.2, -0.15) is 5.10 Å². The first kappa shape index (κ1) is 20.7. The molecule has 2 aliphatic rings. The number of thioether (sulfide) groups is 1. The lowest BCUT2D eigenvalue weighted by molar-refractivity contribution is -0.132. The summed E-state index contributed by atoms with van der Waals surface area (Å²) in [5, 5.41) is 6.24. The molecule has 0 radical (unpaired) electrons. The number of nitrogens with two attached hydrogens (primary N) is 1. The quantitative estimate of drug-likeness (QED) is 0.781. The van der Waals surface area contributed by atoms with Crippen LogP contribution in [0.5, 0.6) is 0 Å². The predicted octanol–water partition coefficient (Wildman–Crippen LogP) is 4.57. The molecule has 2 atom stereocenters. The van der Waals surface area contributed by atoms with Crippen molar-refractivity contribution in [2.75, 3.05) is 6.54 Å². The third kappa shape index (κ3) is 3.31. The lowest BCUT2D eigenvalue weighted by Crippen LogP contribution is -2.48. The number of hydrogen-bond acceptors (Lipinski definition) is 4. The Labute approximate surface area is 168 Å². The number of benzene rings is 1. The molecule has 3 rings (SSSR count). The van der Waals surface area contributed by atoms with Crippen molar-refractivity contribution in [2.24, 2.45) is 16.8 Å². The summed E-state index contributed by atoms with van der Waals surface area (Å²) in [4.78, 5) is 11.8. The summed E-state index contributed by atoms with van der Waals surface area (Å²) < 4.78 is 28.2. The normalized spacial score (nSPS) is 24.7. The van der Waals surface area contributed by atoms with E-state index in [0.717, 1.165) is 36.6 Å². The Kier molecular flexibility index (Phi) is 6.05. The molecule has 1 aliphatic heterocycles. The molecule has 150 valence electrons. The molecular formula is C21H25F2N3OS. The highest BCUT2D eigenvalue weighted by Crippen LogP contribution is 2.58. The Balaban J connectivity index is 2.18. The number of amides is 1. The number of carbonyl (C=O) groups excluding carboxylic acids is 1. The largest absolute Gasteiger partial charge is 0.330 e. The number of hydrogen-bond donors (Lipinski definition) is 1. The zero-order chi connectivity index (χ0) is 20.5. The first-order chi connectivity index (χ1) is 13.4. The van der Waals surface area contributed by atoms with E-state index in [1.54, 1.807) is 0 Å². The standard InChI is InChI=1S/C21H25F2N3OS/c1-4-6-18-14(5-2)11-15(9-10-24)21(18)26(13(3)27)25-20(28-21)17-12-16(22)7-8-19(17)23/h4,6-8,12,15H,5,9-11,24H2,1-3H3/b6-4-. The molecule has 1 aromatic carbocycles. The van der Waals surface area contributed by atoms with Crippen LogP contribution in [0.15, 0.2) is 46.6 Å². The van der Waals surface area contributed by atoms with E-state index in [9.17, 15) is 13.6 Å². The van der Waals surface area contributed by atoms with Crippen molar-refractivity contribution in [2.45, 2.75) is 44.9 Å². The zero-order valence-electron chi connectivity index (χ0n) is 16.3. The Hall–Kier alpha value is -1.99. The first-order valence-electron chi connectivity index (χ1n) is 9.48. The summed E-state index contributed by atoms with van der Waals surface area (Å²) >= 11 is 1.33. The summed E-state index contributed by atoms with van der Waals surface area (Å²) in [7, 11) is 0. The van der Waals surface area contributed by atoms with Crippen LogP contribution in [0.4, 0.5) is 8.78 Å². The molecule has 4 nitrogen and oxygen atoms in total. The van der Waals surface area contributed by atoms with Crippen LogP contribution in [0, 0.1) is 17.6 Å². The second-order valence-corrected chi connectivity index (χ2v) is 8.22. The summed E-state index contributed by atoms with van der Waals surface area (Å²) in [6.45, 7) is 5.94. The molecule has 1 aromatic rings. The summed E-state index contributed by atoms with van der Waals surface area (Å²) in [6, 6.07) is 3.29. The van der Waals surface area contributed by atoms with Gasteiger partial charge in [0.25, 0.3) is 0 Å². The van der Waals surface area contributed by atoms with Crippen LogP contribution in [0.3, 0.4) is 0 Å². The Morgan fingerprint density at radius 3 is 2.82 bits per heavy atom. The van der Waals surface area contributed by atoms with Crippen LogP contribution in [-0.2, 0) is 4.79 Å². The number of halogens is 2. The van der Waals surface area contributed by atoms with E-state index in [4.69, 9.17) is 5.73 Å². The third-order valence-corrected chi connectivity index (χ3v) is 6.84. The molecule has 2 unspecified atom stereocenters. The molecule has 1 amide bonds. The number of nitrogens with zero attached hydrogens (tertiary/aromatic N) is 2. The van der Waals surface area contributed by atoms with Gasteiger partial charge in [-0.25, -0.2) is 13.8 Å². The maximum absolute atomic E-state index is 14.4. The van der Waals surface area contributed by atoms with Crippen LogP contribution in [0.2, 0.25) is 0 Å². The van der Waals surface area contributed by atoms with Crippen molar-refractivity contribution in [3.8, 4) is 0 Å². The van der Waals surface area contributed by atoms with Crippen LogP contribution >= 0.6 is 11.8 Å². The van der Waals surface area contributed by atoms with E-state index in [-0.39, 0.29) is 17.4 Å². The minimum Gasteiger partial charge on any atom is -0.330 e. The molecule has 7 heteroatoms. The lowest BCUT2D eigenvalue weighted by atomic mass is 9.93. The highest BCUT2D eigenvalue weighted by Gasteiger charge is 2.57. The van der Waals surface area contributed by atoms with Gasteiger partial charge in [0.2, 0.25) is 5.91 Å². The first-order valence-corrected chi connectivity index (χ1v) is 10.3.